The average molecular weight is 156 g/mol. The fourth-order valence-electron chi connectivity index (χ4n) is 0.380. The van der Waals surface area contributed by atoms with E-state index in [9.17, 15) is 14.4 Å². The third-order valence-electron chi connectivity index (χ3n) is 0.934. The standard InChI is InChI=1S/C7H8O4/c1-3-7(10)11-6(4-8)5(2)9/h3-4,6H,1H2,2H3. The van der Waals surface area contributed by atoms with Crippen molar-refractivity contribution in [3.8, 4) is 0 Å². The molecule has 0 aromatic rings. The minimum absolute atomic E-state index is 0.268. The molecule has 0 spiro atoms. The van der Waals surface area contributed by atoms with Gasteiger partial charge >= 0.3 is 5.97 Å². The molecule has 11 heavy (non-hydrogen) atoms. The van der Waals surface area contributed by atoms with E-state index in [1.54, 1.807) is 0 Å². The van der Waals surface area contributed by atoms with Crippen LogP contribution < -0.4 is 0 Å². The van der Waals surface area contributed by atoms with E-state index in [2.05, 4.69) is 11.3 Å². The van der Waals surface area contributed by atoms with Crippen molar-refractivity contribution in [1.29, 1.82) is 0 Å². The molecule has 1 atom stereocenters. The highest BCUT2D eigenvalue weighted by Crippen LogP contribution is 1.91. The van der Waals surface area contributed by atoms with E-state index >= 15 is 0 Å². The molecular formula is C7H8O4. The summed E-state index contributed by atoms with van der Waals surface area (Å²) in [5.41, 5.74) is 0. The van der Waals surface area contributed by atoms with Crippen LogP contribution in [-0.2, 0) is 19.1 Å². The first kappa shape index (κ1) is 9.55. The van der Waals surface area contributed by atoms with Crippen LogP contribution in [0.25, 0.3) is 0 Å². The van der Waals surface area contributed by atoms with Crippen molar-refractivity contribution in [2.24, 2.45) is 0 Å². The van der Waals surface area contributed by atoms with E-state index in [1.807, 2.05) is 0 Å². The molecule has 4 nitrogen and oxygen atoms in total. The lowest BCUT2D eigenvalue weighted by atomic mass is 10.3. The molecule has 0 radical (unpaired) electrons. The number of ether oxygens (including phenoxy) is 1. The number of carbonyl (C=O) groups is 3. The van der Waals surface area contributed by atoms with Gasteiger partial charge in [0, 0.05) is 6.08 Å². The van der Waals surface area contributed by atoms with Gasteiger partial charge < -0.3 is 4.74 Å². The minimum atomic E-state index is -1.29. The van der Waals surface area contributed by atoms with Gasteiger partial charge in [-0.15, -0.1) is 0 Å². The van der Waals surface area contributed by atoms with Gasteiger partial charge in [0.25, 0.3) is 0 Å². The molecule has 0 bridgehead atoms. The van der Waals surface area contributed by atoms with E-state index in [4.69, 9.17) is 0 Å². The van der Waals surface area contributed by atoms with Crippen LogP contribution in [0, 0.1) is 0 Å². The van der Waals surface area contributed by atoms with Crippen molar-refractivity contribution >= 4 is 18.0 Å². The van der Waals surface area contributed by atoms with E-state index in [1.165, 1.54) is 0 Å². The topological polar surface area (TPSA) is 60.4 Å². The SMILES string of the molecule is C=CC(=O)OC(C=O)C(C)=O. The van der Waals surface area contributed by atoms with Crippen LogP contribution >= 0.6 is 0 Å². The first-order chi connectivity index (χ1) is 5.11. The van der Waals surface area contributed by atoms with Gasteiger partial charge in [-0.05, 0) is 6.92 Å². The molecule has 1 unspecified atom stereocenters. The molecule has 0 rings (SSSR count). The van der Waals surface area contributed by atoms with E-state index in [0.29, 0.717) is 0 Å². The molecule has 0 N–H and O–H groups in total. The smallest absolute Gasteiger partial charge is 0.331 e. The number of carbonyl (C=O) groups excluding carboxylic acids is 3. The molecule has 60 valence electrons. The van der Waals surface area contributed by atoms with Gasteiger partial charge in [-0.25, -0.2) is 4.79 Å². The predicted octanol–water partition coefficient (Wildman–Crippen LogP) is -0.128. The Morgan fingerprint density at radius 1 is 1.55 bits per heavy atom. The highest BCUT2D eigenvalue weighted by Gasteiger charge is 2.15. The zero-order valence-corrected chi connectivity index (χ0v) is 6.07. The van der Waals surface area contributed by atoms with Crippen molar-refractivity contribution in [2.75, 3.05) is 0 Å². The third-order valence-corrected chi connectivity index (χ3v) is 0.934. The number of ketones is 1. The summed E-state index contributed by atoms with van der Waals surface area (Å²) in [6.45, 7) is 4.27. The van der Waals surface area contributed by atoms with Crippen molar-refractivity contribution in [3.63, 3.8) is 0 Å². The first-order valence-corrected chi connectivity index (χ1v) is 2.90. The van der Waals surface area contributed by atoms with E-state index in [0.717, 1.165) is 13.0 Å². The number of aldehydes is 1. The maximum atomic E-state index is 10.5. The van der Waals surface area contributed by atoms with Gasteiger partial charge in [-0.2, -0.15) is 0 Å². The predicted molar refractivity (Wildman–Crippen MR) is 36.8 cm³/mol. The lowest BCUT2D eigenvalue weighted by molar-refractivity contribution is -0.152. The zero-order valence-electron chi connectivity index (χ0n) is 6.07. The molecule has 0 saturated heterocycles. The summed E-state index contributed by atoms with van der Waals surface area (Å²) >= 11 is 0. The number of hydrogen-bond acceptors (Lipinski definition) is 4. The lowest BCUT2D eigenvalue weighted by Crippen LogP contribution is -2.25. The molecule has 0 amide bonds. The fourth-order valence-corrected chi connectivity index (χ4v) is 0.380. The first-order valence-electron chi connectivity index (χ1n) is 2.90. The summed E-state index contributed by atoms with van der Waals surface area (Å²) in [5.74, 6) is -1.28. The summed E-state index contributed by atoms with van der Waals surface area (Å²) in [6.07, 6.45) is -0.135. The third kappa shape index (κ3) is 3.30. The van der Waals surface area contributed by atoms with Crippen molar-refractivity contribution in [1.82, 2.24) is 0 Å². The van der Waals surface area contributed by atoms with Crippen LogP contribution in [-0.4, -0.2) is 24.1 Å². The van der Waals surface area contributed by atoms with Crippen LogP contribution in [0.2, 0.25) is 0 Å². The second-order valence-corrected chi connectivity index (χ2v) is 1.81. The zero-order chi connectivity index (χ0) is 8.85. The molecule has 0 aliphatic heterocycles. The Bertz CT molecular complexity index is 195. The summed E-state index contributed by atoms with van der Waals surface area (Å²) in [7, 11) is 0. The molecule has 0 fully saturated rings. The second kappa shape index (κ2) is 4.38. The summed E-state index contributed by atoms with van der Waals surface area (Å²) in [5, 5.41) is 0. The molecule has 0 aliphatic carbocycles. The molecule has 0 heterocycles. The number of hydrogen-bond donors (Lipinski definition) is 0. The molecule has 0 saturated carbocycles. The Hall–Kier alpha value is -1.45. The van der Waals surface area contributed by atoms with Gasteiger partial charge in [0.15, 0.2) is 12.1 Å². The van der Waals surface area contributed by atoms with Gasteiger partial charge in [0.05, 0.1) is 0 Å². The van der Waals surface area contributed by atoms with Crippen LogP contribution in [0.3, 0.4) is 0 Å². The Kier molecular flexibility index (Phi) is 3.80. The second-order valence-electron chi connectivity index (χ2n) is 1.81. The monoisotopic (exact) mass is 156 g/mol. The van der Waals surface area contributed by atoms with Crippen molar-refractivity contribution in [3.05, 3.63) is 12.7 Å². The summed E-state index contributed by atoms with van der Waals surface area (Å²) in [4.78, 5) is 31.0. The normalized spacial score (nSPS) is 11.4. The molecule has 0 aromatic heterocycles. The molecular weight excluding hydrogens is 148 g/mol. The van der Waals surface area contributed by atoms with Gasteiger partial charge in [0.1, 0.15) is 0 Å². The van der Waals surface area contributed by atoms with E-state index in [-0.39, 0.29) is 6.29 Å². The van der Waals surface area contributed by atoms with Crippen LogP contribution in [0.4, 0.5) is 0 Å². The van der Waals surface area contributed by atoms with Crippen LogP contribution in [0.15, 0.2) is 12.7 Å². The number of Topliss-reactive ketones (excluding diaryl/α,β-unsaturated/α-hetero) is 1. The number of rotatable bonds is 4. The number of esters is 1. The molecule has 0 aliphatic rings. The van der Waals surface area contributed by atoms with Gasteiger partial charge in [-0.1, -0.05) is 6.58 Å². The van der Waals surface area contributed by atoms with Crippen LogP contribution in [0.5, 0.6) is 0 Å². The Labute approximate surface area is 63.8 Å². The van der Waals surface area contributed by atoms with Gasteiger partial charge in [-0.3, -0.25) is 9.59 Å². The molecule has 0 aromatic carbocycles. The van der Waals surface area contributed by atoms with Gasteiger partial charge in [0.2, 0.25) is 6.10 Å². The summed E-state index contributed by atoms with van der Waals surface area (Å²) < 4.78 is 4.34. The highest BCUT2D eigenvalue weighted by molar-refractivity contribution is 5.97. The average Bonchev–Trinajstić information content (AvgIpc) is 1.99. The maximum Gasteiger partial charge on any atom is 0.331 e. The fraction of sp³-hybridized carbons (Fsp3) is 0.286. The Morgan fingerprint density at radius 3 is 2.36 bits per heavy atom. The highest BCUT2D eigenvalue weighted by atomic mass is 16.5. The minimum Gasteiger partial charge on any atom is -0.443 e. The lowest BCUT2D eigenvalue weighted by Gasteiger charge is -2.04. The largest absolute Gasteiger partial charge is 0.443 e. The van der Waals surface area contributed by atoms with E-state index < -0.39 is 17.9 Å². The van der Waals surface area contributed by atoms with Crippen LogP contribution in [0.1, 0.15) is 6.92 Å². The van der Waals surface area contributed by atoms with Crippen molar-refractivity contribution < 1.29 is 19.1 Å². The Balaban J connectivity index is 4.08. The quantitative estimate of drug-likeness (QED) is 0.246. The summed E-state index contributed by atoms with van der Waals surface area (Å²) in [6, 6.07) is 0. The Morgan fingerprint density at radius 2 is 2.09 bits per heavy atom. The maximum absolute atomic E-state index is 10.5. The molecule has 4 heteroatoms. The van der Waals surface area contributed by atoms with Crippen molar-refractivity contribution in [2.45, 2.75) is 13.0 Å².